The van der Waals surface area contributed by atoms with Crippen molar-refractivity contribution in [2.45, 2.75) is 44.8 Å². The number of hydrogen-bond donors (Lipinski definition) is 1. The maximum absolute atomic E-state index is 12.7. The molecule has 5 heteroatoms. The number of likely N-dealkylation sites (tertiary alicyclic amines) is 2. The smallest absolute Gasteiger partial charge is 0.224 e. The number of benzene rings is 1. The highest BCUT2D eigenvalue weighted by atomic mass is 16.1. The van der Waals surface area contributed by atoms with Crippen molar-refractivity contribution in [3.8, 4) is 0 Å². The highest BCUT2D eigenvalue weighted by molar-refractivity contribution is 5.79. The van der Waals surface area contributed by atoms with Gasteiger partial charge in [-0.1, -0.05) is 36.4 Å². The van der Waals surface area contributed by atoms with Gasteiger partial charge in [-0.25, -0.2) is 0 Å². The van der Waals surface area contributed by atoms with Crippen LogP contribution in [0.5, 0.6) is 0 Å². The Morgan fingerprint density at radius 1 is 1.00 bits per heavy atom. The first-order chi connectivity index (χ1) is 14.3. The lowest BCUT2D eigenvalue weighted by molar-refractivity contribution is -0.127. The molecule has 0 saturated carbocycles. The minimum Gasteiger partial charge on any atom is -0.352 e. The molecule has 0 spiro atoms. The highest BCUT2D eigenvalue weighted by Gasteiger charge is 2.31. The fourth-order valence-corrected chi connectivity index (χ4v) is 4.64. The summed E-state index contributed by atoms with van der Waals surface area (Å²) >= 11 is 0. The van der Waals surface area contributed by atoms with Crippen LogP contribution in [0.3, 0.4) is 0 Å². The van der Waals surface area contributed by atoms with Crippen LogP contribution in [0, 0.1) is 5.92 Å². The number of amides is 1. The van der Waals surface area contributed by atoms with Gasteiger partial charge in [-0.3, -0.25) is 19.6 Å². The third kappa shape index (κ3) is 5.64. The van der Waals surface area contributed by atoms with Gasteiger partial charge in [0.15, 0.2) is 0 Å². The van der Waals surface area contributed by atoms with E-state index in [0.29, 0.717) is 12.6 Å². The Labute approximate surface area is 174 Å². The Balaban J connectivity index is 1.23. The second kappa shape index (κ2) is 9.99. The molecule has 0 unspecified atom stereocenters. The minimum absolute atomic E-state index is 0.124. The SMILES string of the molecule is O=C(NCc1ccccc1)[C@@H]1CCCN(C2CCN(Cc3ccccn3)CC2)C1. The summed E-state index contributed by atoms with van der Waals surface area (Å²) in [6, 6.07) is 16.9. The van der Waals surface area contributed by atoms with Crippen molar-refractivity contribution in [3.05, 3.63) is 66.0 Å². The molecular weight excluding hydrogens is 360 g/mol. The average molecular weight is 393 g/mol. The molecule has 0 radical (unpaired) electrons. The molecule has 1 atom stereocenters. The molecule has 2 saturated heterocycles. The first-order valence-corrected chi connectivity index (χ1v) is 11.0. The summed E-state index contributed by atoms with van der Waals surface area (Å²) in [5.41, 5.74) is 2.31. The Hall–Kier alpha value is -2.24. The second-order valence-electron chi connectivity index (χ2n) is 8.37. The number of hydrogen-bond acceptors (Lipinski definition) is 4. The molecule has 2 aliphatic heterocycles. The molecule has 2 aliphatic rings. The van der Waals surface area contributed by atoms with Crippen LogP contribution in [0.4, 0.5) is 0 Å². The van der Waals surface area contributed by atoms with Crippen LogP contribution in [0.1, 0.15) is 36.9 Å². The number of aromatic nitrogens is 1. The molecule has 4 rings (SSSR count). The predicted octanol–water partition coefficient (Wildman–Crippen LogP) is 3.07. The van der Waals surface area contributed by atoms with Crippen LogP contribution in [0.15, 0.2) is 54.7 Å². The summed E-state index contributed by atoms with van der Waals surface area (Å²) in [5, 5.41) is 3.15. The average Bonchev–Trinajstić information content (AvgIpc) is 2.79. The van der Waals surface area contributed by atoms with Crippen LogP contribution in [-0.4, -0.2) is 52.9 Å². The predicted molar refractivity (Wildman–Crippen MR) is 115 cm³/mol. The van der Waals surface area contributed by atoms with E-state index in [9.17, 15) is 4.79 Å². The maximum Gasteiger partial charge on any atom is 0.224 e. The van der Waals surface area contributed by atoms with E-state index in [1.54, 1.807) is 0 Å². The summed E-state index contributed by atoms with van der Waals surface area (Å²) in [7, 11) is 0. The van der Waals surface area contributed by atoms with Gasteiger partial charge in [0.1, 0.15) is 0 Å². The third-order valence-corrected chi connectivity index (χ3v) is 6.32. The molecule has 0 bridgehead atoms. The van der Waals surface area contributed by atoms with E-state index in [1.165, 1.54) is 12.8 Å². The Morgan fingerprint density at radius 3 is 2.55 bits per heavy atom. The molecule has 3 heterocycles. The second-order valence-corrected chi connectivity index (χ2v) is 8.37. The van der Waals surface area contributed by atoms with Crippen molar-refractivity contribution in [1.82, 2.24) is 20.1 Å². The van der Waals surface area contributed by atoms with Crippen LogP contribution >= 0.6 is 0 Å². The van der Waals surface area contributed by atoms with Crippen molar-refractivity contribution in [2.75, 3.05) is 26.2 Å². The Morgan fingerprint density at radius 2 is 1.79 bits per heavy atom. The van der Waals surface area contributed by atoms with Crippen LogP contribution in [-0.2, 0) is 17.9 Å². The number of nitrogens with zero attached hydrogens (tertiary/aromatic N) is 3. The van der Waals surface area contributed by atoms with Crippen LogP contribution in [0.2, 0.25) is 0 Å². The van der Waals surface area contributed by atoms with Crippen molar-refractivity contribution in [1.29, 1.82) is 0 Å². The molecular formula is C24H32N4O. The van der Waals surface area contributed by atoms with E-state index in [1.807, 2.05) is 30.5 Å². The van der Waals surface area contributed by atoms with Crippen molar-refractivity contribution < 1.29 is 4.79 Å². The summed E-state index contributed by atoms with van der Waals surface area (Å²) in [6.45, 7) is 5.84. The van der Waals surface area contributed by atoms with Gasteiger partial charge >= 0.3 is 0 Å². The molecule has 29 heavy (non-hydrogen) atoms. The largest absolute Gasteiger partial charge is 0.352 e. The summed E-state index contributed by atoms with van der Waals surface area (Å²) < 4.78 is 0. The number of nitrogens with one attached hydrogen (secondary N) is 1. The number of carbonyl (C=O) groups excluding carboxylic acids is 1. The summed E-state index contributed by atoms with van der Waals surface area (Å²) in [5.74, 6) is 0.338. The number of piperidine rings is 2. The lowest BCUT2D eigenvalue weighted by atomic mass is 9.93. The van der Waals surface area contributed by atoms with Crippen molar-refractivity contribution in [2.24, 2.45) is 5.92 Å². The molecule has 5 nitrogen and oxygen atoms in total. The standard InChI is InChI=1S/C24H32N4O/c29-24(26-17-20-7-2-1-3-8-20)21-9-6-14-28(18-21)23-11-15-27(16-12-23)19-22-10-4-5-13-25-22/h1-5,7-8,10,13,21,23H,6,9,11-12,14-19H2,(H,26,29)/t21-/m1/s1. The molecule has 0 aliphatic carbocycles. The van der Waals surface area contributed by atoms with Crippen LogP contribution in [0.25, 0.3) is 0 Å². The molecule has 1 aromatic heterocycles. The Bertz CT molecular complexity index is 759. The number of rotatable bonds is 6. The Kier molecular flexibility index (Phi) is 6.91. The summed E-state index contributed by atoms with van der Waals surface area (Å²) in [4.78, 5) is 22.2. The maximum atomic E-state index is 12.7. The molecule has 2 fully saturated rings. The van der Waals surface area contributed by atoms with Gasteiger partial charge < -0.3 is 5.32 Å². The van der Waals surface area contributed by atoms with Crippen molar-refractivity contribution in [3.63, 3.8) is 0 Å². The lowest BCUT2D eigenvalue weighted by Crippen LogP contribution is -2.50. The van der Waals surface area contributed by atoms with E-state index < -0.39 is 0 Å². The van der Waals surface area contributed by atoms with Gasteiger partial charge in [0.25, 0.3) is 0 Å². The molecule has 1 N–H and O–H groups in total. The van der Waals surface area contributed by atoms with E-state index in [0.717, 1.165) is 56.8 Å². The highest BCUT2D eigenvalue weighted by Crippen LogP contribution is 2.24. The minimum atomic E-state index is 0.124. The van der Waals surface area contributed by atoms with E-state index in [4.69, 9.17) is 0 Å². The molecule has 1 aromatic carbocycles. The van der Waals surface area contributed by atoms with Gasteiger partial charge in [-0.15, -0.1) is 0 Å². The zero-order valence-electron chi connectivity index (χ0n) is 17.2. The van der Waals surface area contributed by atoms with E-state index in [-0.39, 0.29) is 11.8 Å². The van der Waals surface area contributed by atoms with Gasteiger partial charge in [-0.2, -0.15) is 0 Å². The molecule has 1 amide bonds. The van der Waals surface area contributed by atoms with E-state index in [2.05, 4.69) is 44.4 Å². The van der Waals surface area contributed by atoms with Crippen molar-refractivity contribution >= 4 is 5.91 Å². The quantitative estimate of drug-likeness (QED) is 0.821. The summed E-state index contributed by atoms with van der Waals surface area (Å²) in [6.07, 6.45) is 6.38. The van der Waals surface area contributed by atoms with Gasteiger partial charge in [0, 0.05) is 45.0 Å². The monoisotopic (exact) mass is 392 g/mol. The number of pyridine rings is 1. The number of carbonyl (C=O) groups is 1. The van der Waals surface area contributed by atoms with Crippen LogP contribution < -0.4 is 5.32 Å². The van der Waals surface area contributed by atoms with Gasteiger partial charge in [0.05, 0.1) is 11.6 Å². The third-order valence-electron chi connectivity index (χ3n) is 6.32. The first-order valence-electron chi connectivity index (χ1n) is 11.0. The molecule has 2 aromatic rings. The fourth-order valence-electron chi connectivity index (χ4n) is 4.64. The fraction of sp³-hybridized carbons (Fsp3) is 0.500. The van der Waals surface area contributed by atoms with Gasteiger partial charge in [0.2, 0.25) is 5.91 Å². The topological polar surface area (TPSA) is 48.5 Å². The normalized spacial score (nSPS) is 21.7. The zero-order valence-corrected chi connectivity index (χ0v) is 17.2. The lowest BCUT2D eigenvalue weighted by Gasteiger charge is -2.42. The van der Waals surface area contributed by atoms with E-state index >= 15 is 0 Å². The molecule has 154 valence electrons. The van der Waals surface area contributed by atoms with Gasteiger partial charge in [-0.05, 0) is 49.9 Å². The first kappa shape index (κ1) is 20.0. The zero-order chi connectivity index (χ0) is 19.9.